The molecule has 0 bridgehead atoms. The van der Waals surface area contributed by atoms with Gasteiger partial charge >= 0.3 is 0 Å². The molecule has 0 aromatic carbocycles. The van der Waals surface area contributed by atoms with Crippen molar-refractivity contribution in [3.63, 3.8) is 0 Å². The van der Waals surface area contributed by atoms with Crippen LogP contribution in [-0.2, 0) is 0 Å². The number of anilines is 1. The smallest absolute Gasteiger partial charge is 0.215 e. The second kappa shape index (κ2) is 2.41. The Morgan fingerprint density at radius 1 is 1.78 bits per heavy atom. The van der Waals surface area contributed by atoms with E-state index in [1.54, 1.807) is 0 Å². The van der Waals surface area contributed by atoms with Crippen LogP contribution >= 0.6 is 22.9 Å². The fourth-order valence-electron chi connectivity index (χ4n) is 0.428. The normalized spacial score (nSPS) is 9.56. The molecule has 0 fully saturated rings. The Bertz CT molecular complexity index is 212. The van der Waals surface area contributed by atoms with Crippen LogP contribution in [-0.4, -0.2) is 12.1 Å². The Balaban J connectivity index is 3.01. The number of hydrogen-bond acceptors (Lipinski definition) is 4. The van der Waals surface area contributed by atoms with E-state index >= 15 is 0 Å². The molecule has 2 N–H and O–H groups in total. The van der Waals surface area contributed by atoms with E-state index in [1.165, 1.54) is 18.4 Å². The average molecular weight is 165 g/mol. The minimum Gasteiger partial charge on any atom is -0.485 e. The van der Waals surface area contributed by atoms with E-state index in [0.717, 1.165) is 0 Å². The lowest BCUT2D eigenvalue weighted by molar-refractivity contribution is 0.426. The van der Waals surface area contributed by atoms with Crippen LogP contribution in [0.25, 0.3) is 0 Å². The molecule has 0 spiro atoms. The summed E-state index contributed by atoms with van der Waals surface area (Å²) in [6.07, 6.45) is 0. The number of hydrogen-bond donors (Lipinski definition) is 1. The Morgan fingerprint density at radius 3 is 2.67 bits per heavy atom. The lowest BCUT2D eigenvalue weighted by Gasteiger charge is -1.88. The first-order chi connectivity index (χ1) is 4.24. The molecule has 3 nitrogen and oxygen atoms in total. The summed E-state index contributed by atoms with van der Waals surface area (Å²) in [5.74, 6) is 0. The lowest BCUT2D eigenvalue weighted by Crippen LogP contribution is -1.78. The van der Waals surface area contributed by atoms with E-state index in [0.29, 0.717) is 15.3 Å². The lowest BCUT2D eigenvalue weighted by atomic mass is 10.9. The van der Waals surface area contributed by atoms with Crippen LogP contribution in [0, 0.1) is 0 Å². The highest BCUT2D eigenvalue weighted by Crippen LogP contribution is 2.31. The van der Waals surface area contributed by atoms with Crippen LogP contribution in [0.3, 0.4) is 0 Å². The number of nitrogen functional groups attached to an aromatic ring is 1. The monoisotopic (exact) mass is 164 g/mol. The number of methoxy groups -OCH3 is 1. The fourth-order valence-corrected chi connectivity index (χ4v) is 1.30. The number of aromatic nitrogens is 1. The summed E-state index contributed by atoms with van der Waals surface area (Å²) in [6, 6.07) is 0. The molecule has 1 aromatic rings. The second-order valence-corrected chi connectivity index (χ2v) is 2.69. The topological polar surface area (TPSA) is 48.1 Å². The summed E-state index contributed by atoms with van der Waals surface area (Å²) in [5, 5.41) is 1.33. The first-order valence-electron chi connectivity index (χ1n) is 2.20. The molecule has 5 heteroatoms. The van der Waals surface area contributed by atoms with Gasteiger partial charge in [0, 0.05) is 0 Å². The first kappa shape index (κ1) is 6.64. The molecule has 50 valence electrons. The van der Waals surface area contributed by atoms with Gasteiger partial charge in [-0.1, -0.05) is 22.9 Å². The molecule has 9 heavy (non-hydrogen) atoms. The molecule has 1 aromatic heterocycles. The van der Waals surface area contributed by atoms with Crippen LogP contribution in [0.4, 0.5) is 5.13 Å². The standard InChI is InChI=1S/C4H5ClN2OS/c1-8-3-2(5)7-4(6)9-3/h1H3,(H2,6,7). The molecule has 1 rings (SSSR count). The summed E-state index contributed by atoms with van der Waals surface area (Å²) in [6.45, 7) is 0. The summed E-state index contributed by atoms with van der Waals surface area (Å²) in [7, 11) is 1.53. The number of halogens is 1. The van der Waals surface area contributed by atoms with Crippen molar-refractivity contribution in [3.8, 4) is 5.06 Å². The van der Waals surface area contributed by atoms with Gasteiger partial charge < -0.3 is 10.5 Å². The number of thiazole rings is 1. The van der Waals surface area contributed by atoms with Gasteiger partial charge in [0.1, 0.15) is 0 Å². The zero-order valence-electron chi connectivity index (χ0n) is 4.72. The van der Waals surface area contributed by atoms with Gasteiger partial charge in [0.2, 0.25) is 5.06 Å². The highest BCUT2D eigenvalue weighted by Gasteiger charge is 2.04. The van der Waals surface area contributed by atoms with Gasteiger partial charge in [0.15, 0.2) is 10.3 Å². The van der Waals surface area contributed by atoms with Crippen molar-refractivity contribution in [2.75, 3.05) is 12.8 Å². The van der Waals surface area contributed by atoms with Gasteiger partial charge in [-0.25, -0.2) is 4.98 Å². The zero-order valence-corrected chi connectivity index (χ0v) is 6.29. The van der Waals surface area contributed by atoms with Gasteiger partial charge in [-0.05, 0) is 0 Å². The molecule has 0 saturated carbocycles. The fraction of sp³-hybridized carbons (Fsp3) is 0.250. The van der Waals surface area contributed by atoms with Gasteiger partial charge in [-0.15, -0.1) is 0 Å². The van der Waals surface area contributed by atoms with E-state index < -0.39 is 0 Å². The quantitative estimate of drug-likeness (QED) is 0.683. The highest BCUT2D eigenvalue weighted by molar-refractivity contribution is 7.17. The molecule has 0 amide bonds. The van der Waals surface area contributed by atoms with Crippen molar-refractivity contribution in [1.29, 1.82) is 0 Å². The summed E-state index contributed by atoms with van der Waals surface area (Å²) >= 11 is 6.77. The zero-order chi connectivity index (χ0) is 6.85. The predicted octanol–water partition coefficient (Wildman–Crippen LogP) is 1.39. The number of ether oxygens (including phenoxy) is 1. The van der Waals surface area contributed by atoms with Gasteiger partial charge in [0.05, 0.1) is 7.11 Å². The van der Waals surface area contributed by atoms with Crippen molar-refractivity contribution in [2.45, 2.75) is 0 Å². The molecule has 0 unspecified atom stereocenters. The maximum absolute atomic E-state index is 5.54. The average Bonchev–Trinajstić information content (AvgIpc) is 2.10. The van der Waals surface area contributed by atoms with E-state index in [4.69, 9.17) is 22.1 Å². The highest BCUT2D eigenvalue weighted by atomic mass is 35.5. The van der Waals surface area contributed by atoms with Crippen molar-refractivity contribution < 1.29 is 4.74 Å². The van der Waals surface area contributed by atoms with E-state index in [2.05, 4.69) is 4.98 Å². The molecule has 0 saturated heterocycles. The van der Waals surface area contributed by atoms with E-state index in [-0.39, 0.29) is 0 Å². The molecule has 0 aliphatic carbocycles. The predicted molar refractivity (Wildman–Crippen MR) is 38.1 cm³/mol. The molecule has 0 aliphatic heterocycles. The maximum Gasteiger partial charge on any atom is 0.215 e. The Morgan fingerprint density at radius 2 is 2.44 bits per heavy atom. The summed E-state index contributed by atoms with van der Waals surface area (Å²) in [5.41, 5.74) is 5.30. The third kappa shape index (κ3) is 1.25. The molecule has 0 atom stereocenters. The van der Waals surface area contributed by atoms with Gasteiger partial charge in [-0.2, -0.15) is 0 Å². The Hall–Kier alpha value is -0.480. The van der Waals surface area contributed by atoms with Crippen LogP contribution in [0.15, 0.2) is 0 Å². The molecule has 1 heterocycles. The SMILES string of the molecule is COc1sc(N)nc1Cl. The van der Waals surface area contributed by atoms with Crippen molar-refractivity contribution in [2.24, 2.45) is 0 Å². The maximum atomic E-state index is 5.54. The van der Waals surface area contributed by atoms with Crippen LogP contribution in [0.5, 0.6) is 5.06 Å². The summed E-state index contributed by atoms with van der Waals surface area (Å²) in [4.78, 5) is 3.72. The van der Waals surface area contributed by atoms with Crippen LogP contribution in [0.2, 0.25) is 5.15 Å². The van der Waals surface area contributed by atoms with E-state index in [9.17, 15) is 0 Å². The molecular weight excluding hydrogens is 160 g/mol. The number of nitrogens with two attached hydrogens (primary N) is 1. The Labute approximate surface area is 61.4 Å². The van der Waals surface area contributed by atoms with Crippen molar-refractivity contribution in [3.05, 3.63) is 5.15 Å². The van der Waals surface area contributed by atoms with Crippen LogP contribution in [0.1, 0.15) is 0 Å². The molecule has 0 radical (unpaired) electrons. The van der Waals surface area contributed by atoms with Gasteiger partial charge in [0.25, 0.3) is 0 Å². The van der Waals surface area contributed by atoms with Crippen LogP contribution < -0.4 is 10.5 Å². The number of rotatable bonds is 1. The van der Waals surface area contributed by atoms with Crippen molar-refractivity contribution >= 4 is 28.1 Å². The minimum absolute atomic E-state index is 0.333. The second-order valence-electron chi connectivity index (χ2n) is 1.33. The third-order valence-corrected chi connectivity index (χ3v) is 1.97. The minimum atomic E-state index is 0.333. The largest absolute Gasteiger partial charge is 0.485 e. The molecular formula is C4H5ClN2OS. The summed E-state index contributed by atoms with van der Waals surface area (Å²) < 4.78 is 4.81. The van der Waals surface area contributed by atoms with Crippen molar-refractivity contribution in [1.82, 2.24) is 4.98 Å². The first-order valence-corrected chi connectivity index (χ1v) is 3.39. The third-order valence-electron chi connectivity index (χ3n) is 0.759. The number of nitrogens with zero attached hydrogens (tertiary/aromatic N) is 1. The Kier molecular flexibility index (Phi) is 1.78. The van der Waals surface area contributed by atoms with Gasteiger partial charge in [-0.3, -0.25) is 0 Å². The molecule has 0 aliphatic rings. The van der Waals surface area contributed by atoms with E-state index in [1.807, 2.05) is 0 Å².